The number of hydrogen-bond donors (Lipinski definition) is 2. The summed E-state index contributed by atoms with van der Waals surface area (Å²) in [4.78, 5) is 7.45. The Hall–Kier alpha value is -2.08. The first-order valence-electron chi connectivity index (χ1n) is 12.3. The molecule has 1 aromatic heterocycles. The van der Waals surface area contributed by atoms with E-state index in [0.717, 1.165) is 60.9 Å². The number of halogens is 3. The van der Waals surface area contributed by atoms with Crippen molar-refractivity contribution in [2.75, 3.05) is 29.9 Å². The largest absolute Gasteiger partial charge is 0.416 e. The number of aryl methyl sites for hydroxylation is 2. The van der Waals surface area contributed by atoms with E-state index in [2.05, 4.69) is 34.3 Å². The number of thioether (sulfide) groups is 1. The Bertz CT molecular complexity index is 1290. The molecule has 0 saturated carbocycles. The summed E-state index contributed by atoms with van der Waals surface area (Å²) >= 11 is 3.60. The highest BCUT2D eigenvalue weighted by atomic mass is 32.2. The summed E-state index contributed by atoms with van der Waals surface area (Å²) in [5.74, 6) is 0.819. The fourth-order valence-electron chi connectivity index (χ4n) is 4.10. The molecule has 4 rings (SSSR count). The molecule has 0 aliphatic carbocycles. The van der Waals surface area contributed by atoms with Crippen LogP contribution in [0.15, 0.2) is 53.4 Å². The lowest BCUT2D eigenvalue weighted by molar-refractivity contribution is -0.137. The summed E-state index contributed by atoms with van der Waals surface area (Å²) in [5.41, 5.74) is 1.89. The van der Waals surface area contributed by atoms with E-state index in [-0.39, 0.29) is 12.2 Å². The van der Waals surface area contributed by atoms with Gasteiger partial charge in [0.1, 0.15) is 0 Å². The van der Waals surface area contributed by atoms with Crippen LogP contribution in [0.3, 0.4) is 0 Å². The monoisotopic (exact) mass is 569 g/mol. The first-order valence-corrected chi connectivity index (χ1v) is 15.8. The lowest BCUT2D eigenvalue weighted by atomic mass is 10.1. The van der Waals surface area contributed by atoms with Crippen molar-refractivity contribution < 1.29 is 21.6 Å². The van der Waals surface area contributed by atoms with Crippen LogP contribution in [-0.2, 0) is 29.0 Å². The lowest BCUT2D eigenvalue weighted by Gasteiger charge is -2.10. The van der Waals surface area contributed by atoms with Gasteiger partial charge in [0, 0.05) is 34.2 Å². The van der Waals surface area contributed by atoms with Gasteiger partial charge in [-0.3, -0.25) is 0 Å². The summed E-state index contributed by atoms with van der Waals surface area (Å²) in [6.45, 7) is 1.14. The zero-order chi connectivity index (χ0) is 26.3. The van der Waals surface area contributed by atoms with E-state index in [1.54, 1.807) is 11.3 Å². The zero-order valence-electron chi connectivity index (χ0n) is 20.3. The number of aromatic nitrogens is 1. The zero-order valence-corrected chi connectivity index (χ0v) is 22.8. The van der Waals surface area contributed by atoms with Crippen molar-refractivity contribution in [2.45, 2.75) is 49.6 Å². The van der Waals surface area contributed by atoms with Gasteiger partial charge in [0.05, 0.1) is 17.0 Å². The predicted octanol–water partition coefficient (Wildman–Crippen LogP) is 6.61. The first kappa shape index (κ1) is 27.9. The number of fused-ring (bicyclic) bond motifs is 3. The Kier molecular flexibility index (Phi) is 9.55. The number of thiazole rings is 1. The number of anilines is 1. The lowest BCUT2D eigenvalue weighted by Crippen LogP contribution is -2.28. The first-order chi connectivity index (χ1) is 17.7. The summed E-state index contributed by atoms with van der Waals surface area (Å²) in [6, 6.07) is 13.2. The van der Waals surface area contributed by atoms with Crippen LogP contribution >= 0.6 is 23.1 Å². The van der Waals surface area contributed by atoms with Crippen molar-refractivity contribution in [2.24, 2.45) is 0 Å². The average molecular weight is 570 g/mol. The second-order valence-electron chi connectivity index (χ2n) is 8.89. The molecule has 3 aromatic rings. The highest BCUT2D eigenvalue weighted by molar-refractivity contribution is 7.99. The molecule has 0 unspecified atom stereocenters. The number of benzene rings is 2. The molecule has 0 spiro atoms. The van der Waals surface area contributed by atoms with Gasteiger partial charge in [0.2, 0.25) is 10.0 Å². The van der Waals surface area contributed by atoms with Crippen molar-refractivity contribution >= 4 is 38.3 Å². The molecule has 0 radical (unpaired) electrons. The van der Waals surface area contributed by atoms with Crippen LogP contribution < -0.4 is 10.0 Å². The molecule has 11 heteroatoms. The van der Waals surface area contributed by atoms with E-state index in [1.165, 1.54) is 27.5 Å². The number of hydrogen-bond acceptors (Lipinski definition) is 6. The minimum atomic E-state index is -4.44. The molecule has 2 aromatic carbocycles. The average Bonchev–Trinajstić information content (AvgIpc) is 3.19. The highest BCUT2D eigenvalue weighted by Crippen LogP contribution is 2.40. The maximum Gasteiger partial charge on any atom is 0.416 e. The quantitative estimate of drug-likeness (QED) is 0.240. The number of nitrogens with zero attached hydrogens (tertiary/aromatic N) is 1. The van der Waals surface area contributed by atoms with E-state index in [9.17, 15) is 21.6 Å². The van der Waals surface area contributed by atoms with Gasteiger partial charge >= 0.3 is 6.18 Å². The maximum absolute atomic E-state index is 12.8. The molecule has 200 valence electrons. The van der Waals surface area contributed by atoms with Gasteiger partial charge in [-0.2, -0.15) is 13.2 Å². The molecule has 2 N–H and O–H groups in total. The third-order valence-corrected chi connectivity index (χ3v) is 9.58. The maximum atomic E-state index is 12.8. The van der Waals surface area contributed by atoms with E-state index >= 15 is 0 Å². The molecule has 0 fully saturated rings. The number of unbranched alkanes of at least 4 members (excludes halogenated alkanes) is 3. The van der Waals surface area contributed by atoms with Gasteiger partial charge in [-0.1, -0.05) is 49.2 Å². The van der Waals surface area contributed by atoms with Gasteiger partial charge in [0.25, 0.3) is 0 Å². The summed E-state index contributed by atoms with van der Waals surface area (Å²) in [6.07, 6.45) is 0.134. The van der Waals surface area contributed by atoms with Crippen LogP contribution in [-0.4, -0.2) is 38.0 Å². The number of alkyl halides is 3. The summed E-state index contributed by atoms with van der Waals surface area (Å²) in [7, 11) is -3.54. The Morgan fingerprint density at radius 2 is 1.76 bits per heavy atom. The van der Waals surface area contributed by atoms with E-state index in [1.807, 2.05) is 11.8 Å². The van der Waals surface area contributed by atoms with Crippen molar-refractivity contribution in [3.05, 3.63) is 64.5 Å². The van der Waals surface area contributed by atoms with Crippen molar-refractivity contribution in [1.29, 1.82) is 0 Å². The van der Waals surface area contributed by atoms with Gasteiger partial charge in [0.15, 0.2) is 5.13 Å². The Morgan fingerprint density at radius 3 is 2.57 bits per heavy atom. The minimum absolute atomic E-state index is 0.0372. The number of rotatable bonds is 12. The summed E-state index contributed by atoms with van der Waals surface area (Å²) in [5, 5.41) is 4.38. The van der Waals surface area contributed by atoms with Gasteiger partial charge < -0.3 is 5.32 Å². The molecule has 1 aliphatic rings. The van der Waals surface area contributed by atoms with E-state index < -0.39 is 21.8 Å². The van der Waals surface area contributed by atoms with Crippen molar-refractivity contribution in [3.63, 3.8) is 0 Å². The number of sulfonamides is 1. The Morgan fingerprint density at radius 1 is 0.973 bits per heavy atom. The molecule has 0 atom stereocenters. The van der Waals surface area contributed by atoms with Crippen LogP contribution in [0.4, 0.5) is 18.3 Å². The smallest absolute Gasteiger partial charge is 0.361 e. The molecule has 1 aliphatic heterocycles. The van der Waals surface area contributed by atoms with Crippen LogP contribution in [0, 0.1) is 0 Å². The Labute approximate surface area is 224 Å². The molecule has 0 saturated heterocycles. The normalized spacial score (nSPS) is 13.6. The molecule has 37 heavy (non-hydrogen) atoms. The highest BCUT2D eigenvalue weighted by Gasteiger charge is 2.30. The van der Waals surface area contributed by atoms with Crippen molar-refractivity contribution in [3.8, 4) is 11.3 Å². The molecular formula is C26H30F3N3O2S3. The van der Waals surface area contributed by atoms with Gasteiger partial charge in [-0.15, -0.1) is 23.1 Å². The van der Waals surface area contributed by atoms with Gasteiger partial charge in [-0.25, -0.2) is 18.1 Å². The van der Waals surface area contributed by atoms with Crippen LogP contribution in [0.5, 0.6) is 0 Å². The van der Waals surface area contributed by atoms with Crippen LogP contribution in [0.2, 0.25) is 0 Å². The molecule has 2 heterocycles. The standard InChI is InChI=1S/C26H30F3N3O2S3/c27-26(28,29)20-9-7-8-19(18-20)13-17-37(33,34)31-15-6-2-1-5-14-30-25-32-24-21-10-3-4-11-22(21)35-16-12-23(24)36-25/h3-4,7-11,18,31H,1-2,5-6,12-17H2,(H,30,32). The topological polar surface area (TPSA) is 71.1 Å². The Balaban J connectivity index is 1.11. The second-order valence-corrected chi connectivity index (χ2v) is 13.0. The van der Waals surface area contributed by atoms with E-state index in [0.29, 0.717) is 18.5 Å². The minimum Gasteiger partial charge on any atom is -0.361 e. The predicted molar refractivity (Wildman–Crippen MR) is 146 cm³/mol. The third kappa shape index (κ3) is 8.20. The molecule has 5 nitrogen and oxygen atoms in total. The van der Waals surface area contributed by atoms with E-state index in [4.69, 9.17) is 4.98 Å². The van der Waals surface area contributed by atoms with Crippen LogP contribution in [0.1, 0.15) is 41.7 Å². The van der Waals surface area contributed by atoms with Crippen LogP contribution in [0.25, 0.3) is 11.3 Å². The third-order valence-electron chi connectivity index (χ3n) is 6.04. The van der Waals surface area contributed by atoms with Gasteiger partial charge in [-0.05, 0) is 43.4 Å². The summed E-state index contributed by atoms with van der Waals surface area (Å²) < 4.78 is 65.4. The number of nitrogens with one attached hydrogen (secondary N) is 2. The fourth-order valence-corrected chi connectivity index (χ4v) is 7.36. The second kappa shape index (κ2) is 12.6. The molecule has 0 amide bonds. The van der Waals surface area contributed by atoms with Crippen molar-refractivity contribution in [1.82, 2.24) is 9.71 Å². The molecular weight excluding hydrogens is 540 g/mol. The fraction of sp³-hybridized carbons (Fsp3) is 0.423. The SMILES string of the molecule is O=S(=O)(CCc1cccc(C(F)(F)F)c1)NCCCCCCNc1nc2c(s1)CCSc1ccccc1-2. The molecule has 0 bridgehead atoms.